The van der Waals surface area contributed by atoms with Gasteiger partial charge in [0, 0.05) is 23.3 Å². The maximum atomic E-state index is 9.21. The van der Waals surface area contributed by atoms with Crippen LogP contribution in [0.3, 0.4) is 0 Å². The molecule has 0 spiro atoms. The highest BCUT2D eigenvalue weighted by Gasteiger charge is 2.25. The van der Waals surface area contributed by atoms with Gasteiger partial charge in [0.2, 0.25) is 0 Å². The smallest absolute Gasteiger partial charge is 0.0564 e. The largest absolute Gasteiger partial charge is 0.396 e. The fraction of sp³-hybridized carbons (Fsp3) is 1.00. The van der Waals surface area contributed by atoms with Gasteiger partial charge < -0.3 is 35.2 Å². The van der Waals surface area contributed by atoms with Gasteiger partial charge in [0.05, 0.1) is 52.9 Å². The zero-order valence-corrected chi connectivity index (χ0v) is 14.0. The SMILES string of the molecule is CNCC(COCC(C)(CO)CO)COCC(C)(CO)CO. The van der Waals surface area contributed by atoms with Crippen LogP contribution in [0.5, 0.6) is 0 Å². The first-order valence-corrected chi connectivity index (χ1v) is 7.62. The third kappa shape index (κ3) is 8.38. The fourth-order valence-corrected chi connectivity index (χ4v) is 1.68. The molecule has 0 aromatic heterocycles. The van der Waals surface area contributed by atoms with Crippen molar-refractivity contribution in [3.05, 3.63) is 0 Å². The van der Waals surface area contributed by atoms with Crippen LogP contribution in [0.1, 0.15) is 13.8 Å². The lowest BCUT2D eigenvalue weighted by atomic mass is 9.94. The first-order valence-electron chi connectivity index (χ1n) is 7.62. The molecule has 0 fully saturated rings. The van der Waals surface area contributed by atoms with Gasteiger partial charge in [-0.05, 0) is 7.05 Å². The van der Waals surface area contributed by atoms with E-state index in [0.717, 1.165) is 0 Å². The van der Waals surface area contributed by atoms with Crippen LogP contribution >= 0.6 is 0 Å². The molecule has 0 unspecified atom stereocenters. The van der Waals surface area contributed by atoms with Crippen molar-refractivity contribution in [1.82, 2.24) is 5.32 Å². The summed E-state index contributed by atoms with van der Waals surface area (Å²) in [5, 5.41) is 39.9. The summed E-state index contributed by atoms with van der Waals surface area (Å²) < 4.78 is 11.2. The Morgan fingerprint density at radius 2 is 1.18 bits per heavy atom. The third-order valence-corrected chi connectivity index (χ3v) is 3.63. The van der Waals surface area contributed by atoms with Crippen molar-refractivity contribution < 1.29 is 29.9 Å². The minimum atomic E-state index is -0.641. The van der Waals surface area contributed by atoms with Crippen molar-refractivity contribution in [2.24, 2.45) is 16.7 Å². The summed E-state index contributed by atoms with van der Waals surface area (Å²) >= 11 is 0. The fourth-order valence-electron chi connectivity index (χ4n) is 1.68. The van der Waals surface area contributed by atoms with Gasteiger partial charge >= 0.3 is 0 Å². The molecule has 0 rings (SSSR count). The molecule has 0 atom stereocenters. The Morgan fingerprint density at radius 1 is 0.818 bits per heavy atom. The van der Waals surface area contributed by atoms with Crippen LogP contribution < -0.4 is 5.32 Å². The summed E-state index contributed by atoms with van der Waals surface area (Å²) in [6, 6.07) is 0. The van der Waals surface area contributed by atoms with E-state index in [-0.39, 0.29) is 45.6 Å². The van der Waals surface area contributed by atoms with E-state index in [1.54, 1.807) is 13.8 Å². The zero-order valence-electron chi connectivity index (χ0n) is 14.0. The van der Waals surface area contributed by atoms with Crippen molar-refractivity contribution in [1.29, 1.82) is 0 Å². The molecular weight excluding hydrogens is 290 g/mol. The van der Waals surface area contributed by atoms with Crippen LogP contribution in [0.4, 0.5) is 0 Å². The molecule has 134 valence electrons. The van der Waals surface area contributed by atoms with Gasteiger partial charge in [-0.15, -0.1) is 0 Å². The molecule has 5 N–H and O–H groups in total. The first-order chi connectivity index (χ1) is 10.4. The Balaban J connectivity index is 4.16. The molecule has 22 heavy (non-hydrogen) atoms. The van der Waals surface area contributed by atoms with E-state index >= 15 is 0 Å². The van der Waals surface area contributed by atoms with Crippen molar-refractivity contribution in [2.45, 2.75) is 13.8 Å². The normalized spacial score (nSPS) is 13.1. The average Bonchev–Trinajstić information content (AvgIpc) is 2.54. The Labute approximate surface area is 133 Å². The van der Waals surface area contributed by atoms with Crippen LogP contribution in [0.2, 0.25) is 0 Å². The standard InChI is InChI=1S/C15H33NO6/c1-14(7-17,8-18)11-21-5-13(4-16-3)6-22-12-15(2,9-19)10-20/h13,16-20H,4-12H2,1-3H3. The van der Waals surface area contributed by atoms with Gasteiger partial charge in [-0.2, -0.15) is 0 Å². The van der Waals surface area contributed by atoms with Gasteiger partial charge in [0.25, 0.3) is 0 Å². The van der Waals surface area contributed by atoms with E-state index in [1.165, 1.54) is 0 Å². The molecule has 0 aliphatic rings. The Bertz CT molecular complexity index is 245. The van der Waals surface area contributed by atoms with E-state index in [4.69, 9.17) is 9.47 Å². The average molecular weight is 323 g/mol. The van der Waals surface area contributed by atoms with E-state index in [9.17, 15) is 20.4 Å². The van der Waals surface area contributed by atoms with Gasteiger partial charge in [0.15, 0.2) is 0 Å². The third-order valence-electron chi connectivity index (χ3n) is 3.63. The lowest BCUT2D eigenvalue weighted by molar-refractivity contribution is -0.0524. The number of hydrogen-bond acceptors (Lipinski definition) is 7. The first kappa shape index (κ1) is 21.7. The molecule has 0 aromatic rings. The lowest BCUT2D eigenvalue weighted by Crippen LogP contribution is -2.36. The second kappa shape index (κ2) is 11.3. The van der Waals surface area contributed by atoms with Crippen LogP contribution in [-0.4, -0.2) is 86.9 Å². The predicted molar refractivity (Wildman–Crippen MR) is 83.6 cm³/mol. The topological polar surface area (TPSA) is 111 Å². The van der Waals surface area contributed by atoms with E-state index in [0.29, 0.717) is 19.8 Å². The maximum absolute atomic E-state index is 9.21. The molecule has 0 saturated heterocycles. The Hall–Kier alpha value is -0.280. The van der Waals surface area contributed by atoms with Crippen molar-refractivity contribution >= 4 is 0 Å². The van der Waals surface area contributed by atoms with Crippen molar-refractivity contribution in [3.63, 3.8) is 0 Å². The number of aliphatic hydroxyl groups excluding tert-OH is 4. The molecule has 0 heterocycles. The van der Waals surface area contributed by atoms with Crippen LogP contribution in [-0.2, 0) is 9.47 Å². The molecule has 0 aromatic carbocycles. The molecule has 0 bridgehead atoms. The minimum Gasteiger partial charge on any atom is -0.396 e. The number of hydrogen-bond donors (Lipinski definition) is 5. The zero-order chi connectivity index (χ0) is 17.1. The van der Waals surface area contributed by atoms with Crippen LogP contribution in [0.15, 0.2) is 0 Å². The van der Waals surface area contributed by atoms with Crippen LogP contribution in [0, 0.1) is 16.7 Å². The monoisotopic (exact) mass is 323 g/mol. The summed E-state index contributed by atoms with van der Waals surface area (Å²) in [6.45, 7) is 5.07. The number of aliphatic hydroxyl groups is 4. The quantitative estimate of drug-likeness (QED) is 0.274. The van der Waals surface area contributed by atoms with E-state index in [2.05, 4.69) is 5.32 Å². The molecule has 0 amide bonds. The van der Waals surface area contributed by atoms with Crippen molar-refractivity contribution in [3.8, 4) is 0 Å². The van der Waals surface area contributed by atoms with Gasteiger partial charge in [-0.25, -0.2) is 0 Å². The highest BCUT2D eigenvalue weighted by Crippen LogP contribution is 2.16. The highest BCUT2D eigenvalue weighted by atomic mass is 16.5. The summed E-state index contributed by atoms with van der Waals surface area (Å²) in [5.74, 6) is 0.105. The second-order valence-electron chi connectivity index (χ2n) is 6.71. The van der Waals surface area contributed by atoms with Gasteiger partial charge in [-0.1, -0.05) is 13.8 Å². The number of rotatable bonds is 14. The molecule has 7 nitrogen and oxygen atoms in total. The summed E-state index contributed by atoms with van der Waals surface area (Å²) in [7, 11) is 1.84. The Kier molecular flexibility index (Phi) is 11.1. The maximum Gasteiger partial charge on any atom is 0.0564 e. The molecule has 0 aliphatic heterocycles. The molecule has 7 heteroatoms. The summed E-state index contributed by atoms with van der Waals surface area (Å²) in [5.41, 5.74) is -1.28. The van der Waals surface area contributed by atoms with E-state index in [1.807, 2.05) is 7.05 Å². The number of nitrogens with one attached hydrogen (secondary N) is 1. The summed E-state index contributed by atoms with van der Waals surface area (Å²) in [4.78, 5) is 0. The predicted octanol–water partition coefficient (Wildman–Crippen LogP) is -1.16. The van der Waals surface area contributed by atoms with Crippen molar-refractivity contribution in [2.75, 3.05) is 66.4 Å². The molecule has 0 radical (unpaired) electrons. The molecule has 0 aliphatic carbocycles. The number of ether oxygens (including phenoxy) is 2. The Morgan fingerprint density at radius 3 is 1.45 bits per heavy atom. The molecule has 0 saturated carbocycles. The second-order valence-corrected chi connectivity index (χ2v) is 6.71. The lowest BCUT2D eigenvalue weighted by Gasteiger charge is -2.27. The molecular formula is C15H33NO6. The summed E-state index contributed by atoms with van der Waals surface area (Å²) in [6.07, 6.45) is 0. The van der Waals surface area contributed by atoms with Crippen LogP contribution in [0.25, 0.3) is 0 Å². The van der Waals surface area contributed by atoms with Gasteiger partial charge in [0.1, 0.15) is 0 Å². The van der Waals surface area contributed by atoms with E-state index < -0.39 is 10.8 Å². The van der Waals surface area contributed by atoms with Gasteiger partial charge in [-0.3, -0.25) is 0 Å². The highest BCUT2D eigenvalue weighted by molar-refractivity contribution is 4.73. The minimum absolute atomic E-state index is 0.105.